The Balaban J connectivity index is 2.36. The van der Waals surface area contributed by atoms with E-state index in [1.54, 1.807) is 0 Å². The van der Waals surface area contributed by atoms with Gasteiger partial charge in [-0.2, -0.15) is 5.26 Å². The minimum atomic E-state index is -0.382. The molecule has 0 spiro atoms. The van der Waals surface area contributed by atoms with Crippen molar-refractivity contribution in [1.82, 2.24) is 0 Å². The Kier molecular flexibility index (Phi) is 5.78. The van der Waals surface area contributed by atoms with Gasteiger partial charge in [0, 0.05) is 5.56 Å². The van der Waals surface area contributed by atoms with Gasteiger partial charge in [0.1, 0.15) is 11.6 Å². The van der Waals surface area contributed by atoms with E-state index in [1.807, 2.05) is 13.8 Å². The molecule has 0 radical (unpaired) electrons. The van der Waals surface area contributed by atoms with E-state index in [2.05, 4.69) is 6.07 Å². The SMILES string of the molecule is CC(C)(C#N)CCCCOc1ccc(F)cc1CO. The Hall–Kier alpha value is -1.60. The molecule has 1 aromatic rings. The summed E-state index contributed by atoms with van der Waals surface area (Å²) in [5, 5.41) is 18.0. The first-order valence-electron chi connectivity index (χ1n) is 6.42. The number of nitrogens with zero attached hydrogens (tertiary/aromatic N) is 1. The van der Waals surface area contributed by atoms with Crippen LogP contribution >= 0.6 is 0 Å². The molecule has 1 N–H and O–H groups in total. The lowest BCUT2D eigenvalue weighted by Crippen LogP contribution is -2.08. The number of hydrogen-bond donors (Lipinski definition) is 1. The first-order chi connectivity index (χ1) is 8.98. The number of aliphatic hydroxyl groups is 1. The molecule has 0 atom stereocenters. The highest BCUT2D eigenvalue weighted by Crippen LogP contribution is 2.23. The van der Waals surface area contributed by atoms with Crippen molar-refractivity contribution in [3.63, 3.8) is 0 Å². The highest BCUT2D eigenvalue weighted by atomic mass is 19.1. The van der Waals surface area contributed by atoms with Crippen LogP contribution in [-0.2, 0) is 6.61 Å². The molecule has 0 unspecified atom stereocenters. The van der Waals surface area contributed by atoms with Gasteiger partial charge in [-0.15, -0.1) is 0 Å². The quantitative estimate of drug-likeness (QED) is 0.768. The van der Waals surface area contributed by atoms with Gasteiger partial charge in [-0.1, -0.05) is 0 Å². The average Bonchev–Trinajstić information content (AvgIpc) is 2.39. The minimum Gasteiger partial charge on any atom is -0.493 e. The van der Waals surface area contributed by atoms with Crippen molar-refractivity contribution in [2.45, 2.75) is 39.7 Å². The van der Waals surface area contributed by atoms with Crippen LogP contribution in [0.1, 0.15) is 38.7 Å². The molecule has 0 saturated heterocycles. The van der Waals surface area contributed by atoms with E-state index in [0.29, 0.717) is 17.9 Å². The normalized spacial score (nSPS) is 11.1. The number of aliphatic hydroxyl groups excluding tert-OH is 1. The summed E-state index contributed by atoms with van der Waals surface area (Å²) < 4.78 is 18.5. The largest absolute Gasteiger partial charge is 0.493 e. The number of rotatable bonds is 7. The fraction of sp³-hybridized carbons (Fsp3) is 0.533. The molecule has 0 saturated carbocycles. The van der Waals surface area contributed by atoms with Crippen LogP contribution in [0.3, 0.4) is 0 Å². The number of hydrogen-bond acceptors (Lipinski definition) is 3. The Morgan fingerprint density at radius 2 is 2.11 bits per heavy atom. The third-order valence-electron chi connectivity index (χ3n) is 2.95. The number of unbranched alkanes of at least 4 members (excludes halogenated alkanes) is 1. The number of halogens is 1. The highest BCUT2D eigenvalue weighted by Gasteiger charge is 2.15. The second kappa shape index (κ2) is 7.10. The minimum absolute atomic E-state index is 0.242. The van der Waals surface area contributed by atoms with E-state index in [9.17, 15) is 4.39 Å². The summed E-state index contributed by atoms with van der Waals surface area (Å²) in [5.74, 6) is 0.135. The van der Waals surface area contributed by atoms with Crippen molar-refractivity contribution in [2.24, 2.45) is 5.41 Å². The summed E-state index contributed by atoms with van der Waals surface area (Å²) >= 11 is 0. The first kappa shape index (κ1) is 15.5. The van der Waals surface area contributed by atoms with Crippen molar-refractivity contribution in [3.05, 3.63) is 29.6 Å². The molecule has 0 aromatic heterocycles. The molecule has 0 heterocycles. The van der Waals surface area contributed by atoms with E-state index in [-0.39, 0.29) is 17.8 Å². The zero-order valence-electron chi connectivity index (χ0n) is 11.4. The summed E-state index contributed by atoms with van der Waals surface area (Å²) in [4.78, 5) is 0. The van der Waals surface area contributed by atoms with Crippen LogP contribution in [-0.4, -0.2) is 11.7 Å². The van der Waals surface area contributed by atoms with Crippen molar-refractivity contribution < 1.29 is 14.2 Å². The average molecular weight is 265 g/mol. The smallest absolute Gasteiger partial charge is 0.125 e. The molecular formula is C15H20FNO2. The third kappa shape index (κ3) is 5.27. The van der Waals surface area contributed by atoms with E-state index in [0.717, 1.165) is 19.3 Å². The maximum Gasteiger partial charge on any atom is 0.125 e. The van der Waals surface area contributed by atoms with Gasteiger partial charge in [0.2, 0.25) is 0 Å². The van der Waals surface area contributed by atoms with Gasteiger partial charge in [-0.3, -0.25) is 0 Å². The van der Waals surface area contributed by atoms with Crippen molar-refractivity contribution >= 4 is 0 Å². The number of nitriles is 1. The lowest BCUT2D eigenvalue weighted by atomic mass is 9.89. The van der Waals surface area contributed by atoms with Gasteiger partial charge in [0.15, 0.2) is 0 Å². The topological polar surface area (TPSA) is 53.2 Å². The zero-order chi connectivity index (χ0) is 14.3. The van der Waals surface area contributed by atoms with Crippen LogP contribution in [0.4, 0.5) is 4.39 Å². The second-order valence-electron chi connectivity index (χ2n) is 5.21. The Morgan fingerprint density at radius 1 is 1.37 bits per heavy atom. The van der Waals surface area contributed by atoms with Crippen LogP contribution in [0.2, 0.25) is 0 Å². The maximum absolute atomic E-state index is 12.9. The molecule has 1 rings (SSSR count). The Bertz CT molecular complexity index is 452. The van der Waals surface area contributed by atoms with Gasteiger partial charge >= 0.3 is 0 Å². The maximum atomic E-state index is 12.9. The van der Waals surface area contributed by atoms with Crippen molar-refractivity contribution in [2.75, 3.05) is 6.61 Å². The first-order valence-corrected chi connectivity index (χ1v) is 6.42. The molecule has 1 aromatic carbocycles. The van der Waals surface area contributed by atoms with Gasteiger partial charge in [-0.05, 0) is 51.3 Å². The van der Waals surface area contributed by atoms with Crippen molar-refractivity contribution in [1.29, 1.82) is 5.26 Å². The van der Waals surface area contributed by atoms with Crippen LogP contribution in [0, 0.1) is 22.6 Å². The standard InChI is InChI=1S/C15H20FNO2/c1-15(2,11-17)7-3-4-8-19-14-6-5-13(16)9-12(14)10-18/h5-6,9,18H,3-4,7-8,10H2,1-2H3. The zero-order valence-corrected chi connectivity index (χ0v) is 11.4. The lowest BCUT2D eigenvalue weighted by molar-refractivity contribution is 0.257. The third-order valence-corrected chi connectivity index (χ3v) is 2.95. The van der Waals surface area contributed by atoms with E-state index >= 15 is 0 Å². The highest BCUT2D eigenvalue weighted by molar-refractivity contribution is 5.33. The fourth-order valence-electron chi connectivity index (χ4n) is 1.72. The van der Waals surface area contributed by atoms with Gasteiger partial charge < -0.3 is 9.84 Å². The van der Waals surface area contributed by atoms with Crippen LogP contribution in [0.5, 0.6) is 5.75 Å². The molecule has 0 fully saturated rings. The van der Waals surface area contributed by atoms with E-state index in [1.165, 1.54) is 18.2 Å². The van der Waals surface area contributed by atoms with Crippen molar-refractivity contribution in [3.8, 4) is 11.8 Å². The number of benzene rings is 1. The summed E-state index contributed by atoms with van der Waals surface area (Å²) in [6.07, 6.45) is 2.55. The van der Waals surface area contributed by atoms with Gasteiger partial charge in [0.25, 0.3) is 0 Å². The molecule has 19 heavy (non-hydrogen) atoms. The van der Waals surface area contributed by atoms with E-state index < -0.39 is 0 Å². The molecule has 0 bridgehead atoms. The summed E-state index contributed by atoms with van der Waals surface area (Å²) in [5.41, 5.74) is 0.156. The predicted molar refractivity (Wildman–Crippen MR) is 71.1 cm³/mol. The Labute approximate surface area is 113 Å². The molecule has 0 aliphatic rings. The number of ether oxygens (including phenoxy) is 1. The van der Waals surface area contributed by atoms with Crippen LogP contribution in [0.25, 0.3) is 0 Å². The molecule has 3 nitrogen and oxygen atoms in total. The van der Waals surface area contributed by atoms with Gasteiger partial charge in [0.05, 0.1) is 24.7 Å². The molecule has 4 heteroatoms. The molecule has 0 aliphatic carbocycles. The summed E-state index contributed by atoms with van der Waals surface area (Å²) in [6.45, 7) is 4.09. The lowest BCUT2D eigenvalue weighted by Gasteiger charge is -2.15. The molecule has 104 valence electrons. The van der Waals surface area contributed by atoms with Crippen LogP contribution < -0.4 is 4.74 Å². The monoisotopic (exact) mass is 265 g/mol. The Morgan fingerprint density at radius 3 is 2.74 bits per heavy atom. The fourth-order valence-corrected chi connectivity index (χ4v) is 1.72. The predicted octanol–water partition coefficient (Wildman–Crippen LogP) is 3.42. The van der Waals surface area contributed by atoms with Gasteiger partial charge in [-0.25, -0.2) is 4.39 Å². The summed E-state index contributed by atoms with van der Waals surface area (Å²) in [7, 11) is 0. The van der Waals surface area contributed by atoms with Crippen LogP contribution in [0.15, 0.2) is 18.2 Å². The molecular weight excluding hydrogens is 245 g/mol. The molecule has 0 aliphatic heterocycles. The second-order valence-corrected chi connectivity index (χ2v) is 5.21. The molecule has 0 amide bonds. The summed E-state index contributed by atoms with van der Waals surface area (Å²) in [6, 6.07) is 6.37. The van der Waals surface area contributed by atoms with E-state index in [4.69, 9.17) is 15.1 Å².